The molecule has 0 unspecified atom stereocenters. The van der Waals surface area contributed by atoms with Crippen LogP contribution in [0.15, 0.2) is 84.9 Å². The molecule has 6 aromatic rings. The smallest absolute Gasteiger partial charge is 0.0372 e. The molecule has 2 heterocycles. The van der Waals surface area contributed by atoms with Gasteiger partial charge in [-0.1, -0.05) is 60.7 Å². The minimum atomic E-state index is 1.19. The van der Waals surface area contributed by atoms with Gasteiger partial charge < -0.3 is 9.80 Å². The van der Waals surface area contributed by atoms with Crippen LogP contribution in [0.4, 0.5) is 11.4 Å². The lowest BCUT2D eigenvalue weighted by Gasteiger charge is -2.19. The molecule has 8 rings (SSSR count). The molecule has 0 bridgehead atoms. The minimum Gasteiger partial charge on any atom is -0.372 e. The Labute approximate surface area is 211 Å². The molecule has 0 aromatic heterocycles. The summed E-state index contributed by atoms with van der Waals surface area (Å²) in [6.45, 7) is 4.74. The van der Waals surface area contributed by atoms with Crippen molar-refractivity contribution in [1.29, 1.82) is 0 Å². The van der Waals surface area contributed by atoms with Crippen molar-refractivity contribution in [3.8, 4) is 0 Å². The van der Waals surface area contributed by atoms with Gasteiger partial charge in [-0.05, 0) is 104 Å². The van der Waals surface area contributed by atoms with Crippen molar-refractivity contribution in [3.05, 3.63) is 84.9 Å². The molecule has 2 heteroatoms. The summed E-state index contributed by atoms with van der Waals surface area (Å²) in [5.41, 5.74) is 2.73. The second kappa shape index (κ2) is 7.86. The van der Waals surface area contributed by atoms with Crippen LogP contribution in [0.3, 0.4) is 0 Å². The number of hydrogen-bond acceptors (Lipinski definition) is 2. The second-order valence-electron chi connectivity index (χ2n) is 10.7. The normalized spacial score (nSPS) is 16.4. The van der Waals surface area contributed by atoms with Crippen molar-refractivity contribution in [2.75, 3.05) is 36.0 Å². The van der Waals surface area contributed by atoms with Gasteiger partial charge in [0.15, 0.2) is 0 Å². The third kappa shape index (κ3) is 3.03. The molecule has 2 nitrogen and oxygen atoms in total. The zero-order valence-electron chi connectivity index (χ0n) is 20.6. The van der Waals surface area contributed by atoms with Gasteiger partial charge in [0.05, 0.1) is 0 Å². The van der Waals surface area contributed by atoms with Crippen LogP contribution in [0, 0.1) is 0 Å². The first kappa shape index (κ1) is 20.4. The van der Waals surface area contributed by atoms with Crippen molar-refractivity contribution >= 4 is 65.2 Å². The maximum atomic E-state index is 2.52. The molecule has 0 N–H and O–H groups in total. The quantitative estimate of drug-likeness (QED) is 0.236. The van der Waals surface area contributed by atoms with Crippen LogP contribution in [0.1, 0.15) is 25.7 Å². The van der Waals surface area contributed by atoms with Gasteiger partial charge in [0.2, 0.25) is 0 Å². The average molecular weight is 467 g/mol. The van der Waals surface area contributed by atoms with Crippen LogP contribution in [-0.4, -0.2) is 26.2 Å². The van der Waals surface area contributed by atoms with Crippen LogP contribution < -0.4 is 9.80 Å². The molecular weight excluding hydrogens is 436 g/mol. The van der Waals surface area contributed by atoms with Crippen molar-refractivity contribution in [1.82, 2.24) is 0 Å². The Morgan fingerprint density at radius 1 is 0.333 bits per heavy atom. The fraction of sp³-hybridized carbons (Fsp3) is 0.235. The van der Waals surface area contributed by atoms with Crippen LogP contribution in [0.25, 0.3) is 53.9 Å². The summed E-state index contributed by atoms with van der Waals surface area (Å²) in [6.07, 6.45) is 5.24. The Kier molecular flexibility index (Phi) is 4.46. The van der Waals surface area contributed by atoms with E-state index in [4.69, 9.17) is 0 Å². The maximum absolute atomic E-state index is 2.52. The molecule has 0 aliphatic carbocycles. The molecule has 0 spiro atoms. The fourth-order valence-electron chi connectivity index (χ4n) is 6.84. The number of anilines is 2. The highest BCUT2D eigenvalue weighted by Gasteiger charge is 2.15. The number of nitrogens with zero attached hydrogens (tertiary/aromatic N) is 2. The molecule has 0 amide bonds. The molecule has 2 aliphatic heterocycles. The molecule has 0 atom stereocenters. The van der Waals surface area contributed by atoms with E-state index in [1.165, 1.54) is 117 Å². The zero-order chi connectivity index (χ0) is 23.6. The average Bonchev–Trinajstić information content (AvgIpc) is 3.67. The van der Waals surface area contributed by atoms with Gasteiger partial charge in [-0.3, -0.25) is 0 Å². The van der Waals surface area contributed by atoms with E-state index in [0.717, 1.165) is 0 Å². The summed E-state index contributed by atoms with van der Waals surface area (Å²) < 4.78 is 0. The van der Waals surface area contributed by atoms with Gasteiger partial charge in [-0.15, -0.1) is 0 Å². The number of rotatable bonds is 2. The van der Waals surface area contributed by atoms with E-state index in [1.807, 2.05) is 0 Å². The summed E-state index contributed by atoms with van der Waals surface area (Å²) in [5, 5.41) is 13.5. The van der Waals surface area contributed by atoms with Gasteiger partial charge >= 0.3 is 0 Å². The standard InChI is InChI=1S/C34H30N2/c1-2-18-35(17-1)25-7-11-27-23(21-25)5-9-31-29(27)13-15-34-32-10-6-24-22-26(36-19-3-4-20-36)8-12-28(24)30(32)14-16-33(31)34/h5-16,21-22H,1-4,17-20H2. The molecule has 176 valence electrons. The lowest BCUT2D eigenvalue weighted by molar-refractivity contribution is 0.949. The molecule has 36 heavy (non-hydrogen) atoms. The van der Waals surface area contributed by atoms with Crippen molar-refractivity contribution in [3.63, 3.8) is 0 Å². The second-order valence-corrected chi connectivity index (χ2v) is 10.7. The molecule has 6 aromatic carbocycles. The minimum absolute atomic E-state index is 1.19. The van der Waals surface area contributed by atoms with Gasteiger partial charge in [-0.25, -0.2) is 0 Å². The highest BCUT2D eigenvalue weighted by atomic mass is 15.1. The van der Waals surface area contributed by atoms with E-state index in [-0.39, 0.29) is 0 Å². The number of hydrogen-bond donors (Lipinski definition) is 0. The van der Waals surface area contributed by atoms with Gasteiger partial charge in [-0.2, -0.15) is 0 Å². The van der Waals surface area contributed by atoms with Gasteiger partial charge in [0.1, 0.15) is 0 Å². The van der Waals surface area contributed by atoms with E-state index < -0.39 is 0 Å². The first-order valence-corrected chi connectivity index (χ1v) is 13.6. The summed E-state index contributed by atoms with van der Waals surface area (Å²) >= 11 is 0. The molecule has 0 radical (unpaired) electrons. The Balaban J connectivity index is 1.29. The Bertz CT molecular complexity index is 1670. The molecule has 2 aliphatic rings. The van der Waals surface area contributed by atoms with E-state index in [0.29, 0.717) is 0 Å². The van der Waals surface area contributed by atoms with Crippen molar-refractivity contribution in [2.45, 2.75) is 25.7 Å². The van der Waals surface area contributed by atoms with Crippen LogP contribution >= 0.6 is 0 Å². The SMILES string of the molecule is c1cc2c(ccc3c2ccc2c4ccc5cc(N6CCCC6)ccc5c4ccc32)cc1N1CCCC1. The summed E-state index contributed by atoms with van der Waals surface area (Å²) in [5.74, 6) is 0. The van der Waals surface area contributed by atoms with Crippen LogP contribution in [0.5, 0.6) is 0 Å². The lowest BCUT2D eigenvalue weighted by Crippen LogP contribution is -2.17. The third-order valence-corrected chi connectivity index (χ3v) is 8.74. The Morgan fingerprint density at radius 2 is 0.639 bits per heavy atom. The fourth-order valence-corrected chi connectivity index (χ4v) is 6.84. The first-order chi connectivity index (χ1) is 17.8. The molecule has 0 saturated carbocycles. The van der Waals surface area contributed by atoms with Crippen LogP contribution in [0.2, 0.25) is 0 Å². The zero-order valence-corrected chi connectivity index (χ0v) is 20.6. The maximum Gasteiger partial charge on any atom is 0.0372 e. The predicted molar refractivity (Wildman–Crippen MR) is 157 cm³/mol. The third-order valence-electron chi connectivity index (χ3n) is 8.74. The van der Waals surface area contributed by atoms with Gasteiger partial charge in [0.25, 0.3) is 0 Å². The van der Waals surface area contributed by atoms with E-state index >= 15 is 0 Å². The predicted octanol–water partition coefficient (Wildman–Crippen LogP) is 8.65. The Hall–Kier alpha value is -3.78. The van der Waals surface area contributed by atoms with Crippen LogP contribution in [-0.2, 0) is 0 Å². The first-order valence-electron chi connectivity index (χ1n) is 13.6. The van der Waals surface area contributed by atoms with Gasteiger partial charge in [0, 0.05) is 37.6 Å². The molecule has 2 fully saturated rings. The highest BCUT2D eigenvalue weighted by Crippen LogP contribution is 2.38. The Morgan fingerprint density at radius 3 is 1.03 bits per heavy atom. The summed E-state index contributed by atoms with van der Waals surface area (Å²) in [4.78, 5) is 5.04. The summed E-state index contributed by atoms with van der Waals surface area (Å²) in [7, 11) is 0. The van der Waals surface area contributed by atoms with E-state index in [2.05, 4.69) is 94.7 Å². The summed E-state index contributed by atoms with van der Waals surface area (Å²) in [6, 6.07) is 32.8. The highest BCUT2D eigenvalue weighted by molar-refractivity contribution is 6.25. The van der Waals surface area contributed by atoms with Crippen molar-refractivity contribution in [2.24, 2.45) is 0 Å². The lowest BCUT2D eigenvalue weighted by atomic mass is 9.92. The topological polar surface area (TPSA) is 6.48 Å². The van der Waals surface area contributed by atoms with E-state index in [1.54, 1.807) is 0 Å². The number of benzene rings is 6. The number of fused-ring (bicyclic) bond motifs is 9. The van der Waals surface area contributed by atoms with E-state index in [9.17, 15) is 0 Å². The molecular formula is C34H30N2. The monoisotopic (exact) mass is 466 g/mol. The molecule has 2 saturated heterocycles. The van der Waals surface area contributed by atoms with Crippen molar-refractivity contribution < 1.29 is 0 Å². The largest absolute Gasteiger partial charge is 0.372 e.